The lowest BCUT2D eigenvalue weighted by Crippen LogP contribution is -2.44. The molecule has 132 valence electrons. The maximum atomic E-state index is 13.2. The molecule has 0 heterocycles. The zero-order valence-electron chi connectivity index (χ0n) is 14.1. The standard InChI is InChI=1S/C16H25ClFN3O.HI/c1-16(2,13-7-6-12(18)10-14(13)17)11-21-15(19-3)20-8-5-9-22-4;/h6-7,10H,5,8-9,11H2,1-4H3,(H2,19,20,21);1H. The topological polar surface area (TPSA) is 45.7 Å². The molecule has 0 aliphatic heterocycles. The Labute approximate surface area is 160 Å². The zero-order valence-corrected chi connectivity index (χ0v) is 17.2. The average Bonchev–Trinajstić information content (AvgIpc) is 2.46. The van der Waals surface area contributed by atoms with E-state index >= 15 is 0 Å². The molecular weight excluding hydrogens is 432 g/mol. The Morgan fingerprint density at radius 2 is 2.04 bits per heavy atom. The Morgan fingerprint density at radius 1 is 1.35 bits per heavy atom. The Kier molecular flexibility index (Phi) is 10.8. The molecule has 0 aliphatic carbocycles. The number of rotatable bonds is 7. The molecule has 0 spiro atoms. The van der Waals surface area contributed by atoms with E-state index in [-0.39, 0.29) is 35.2 Å². The second kappa shape index (κ2) is 11.0. The molecule has 7 heteroatoms. The molecule has 0 aliphatic rings. The first-order valence-corrected chi connectivity index (χ1v) is 7.67. The minimum absolute atomic E-state index is 0. The summed E-state index contributed by atoms with van der Waals surface area (Å²) in [6.45, 7) is 6.23. The van der Waals surface area contributed by atoms with Crippen LogP contribution in [0.4, 0.5) is 4.39 Å². The molecule has 0 radical (unpaired) electrons. The summed E-state index contributed by atoms with van der Waals surface area (Å²) in [7, 11) is 3.41. The molecule has 0 unspecified atom stereocenters. The molecule has 0 saturated carbocycles. The van der Waals surface area contributed by atoms with Gasteiger partial charge in [0.25, 0.3) is 0 Å². The highest BCUT2D eigenvalue weighted by atomic mass is 127. The highest BCUT2D eigenvalue weighted by molar-refractivity contribution is 14.0. The number of aliphatic imine (C=N–C) groups is 1. The molecule has 1 aromatic rings. The number of methoxy groups -OCH3 is 1. The van der Waals surface area contributed by atoms with E-state index < -0.39 is 0 Å². The van der Waals surface area contributed by atoms with Crippen molar-refractivity contribution in [2.75, 3.05) is 33.9 Å². The van der Waals surface area contributed by atoms with Crippen molar-refractivity contribution in [2.24, 2.45) is 4.99 Å². The summed E-state index contributed by atoms with van der Waals surface area (Å²) in [5.74, 6) is 0.399. The molecule has 0 fully saturated rings. The van der Waals surface area contributed by atoms with Crippen LogP contribution in [0.15, 0.2) is 23.2 Å². The number of benzene rings is 1. The van der Waals surface area contributed by atoms with Crippen LogP contribution < -0.4 is 10.6 Å². The van der Waals surface area contributed by atoms with Crippen LogP contribution in [0.1, 0.15) is 25.8 Å². The highest BCUT2D eigenvalue weighted by Crippen LogP contribution is 2.29. The largest absolute Gasteiger partial charge is 0.385 e. The Bertz CT molecular complexity index is 512. The number of nitrogens with zero attached hydrogens (tertiary/aromatic N) is 1. The van der Waals surface area contributed by atoms with Gasteiger partial charge >= 0.3 is 0 Å². The minimum Gasteiger partial charge on any atom is -0.385 e. The van der Waals surface area contributed by atoms with Crippen LogP contribution in [0.25, 0.3) is 0 Å². The first-order chi connectivity index (χ1) is 10.4. The summed E-state index contributed by atoms with van der Waals surface area (Å²) in [6, 6.07) is 4.51. The number of guanidine groups is 1. The van der Waals surface area contributed by atoms with Crippen LogP contribution in [-0.2, 0) is 10.2 Å². The third-order valence-electron chi connectivity index (χ3n) is 3.40. The summed E-state index contributed by atoms with van der Waals surface area (Å²) < 4.78 is 18.2. The monoisotopic (exact) mass is 457 g/mol. The van der Waals surface area contributed by atoms with Gasteiger partial charge in [0.15, 0.2) is 5.96 Å². The van der Waals surface area contributed by atoms with E-state index in [9.17, 15) is 4.39 Å². The SMILES string of the molecule is CN=C(NCCCOC)NCC(C)(C)c1ccc(F)cc1Cl.I. The summed E-state index contributed by atoms with van der Waals surface area (Å²) in [5, 5.41) is 6.93. The Balaban J connectivity index is 0.00000484. The Morgan fingerprint density at radius 3 is 2.61 bits per heavy atom. The fraction of sp³-hybridized carbons (Fsp3) is 0.562. The number of halogens is 3. The van der Waals surface area contributed by atoms with Crippen LogP contribution >= 0.6 is 35.6 Å². The maximum absolute atomic E-state index is 13.2. The van der Waals surface area contributed by atoms with Gasteiger partial charge in [-0.3, -0.25) is 4.99 Å². The van der Waals surface area contributed by atoms with Crippen LogP contribution in [0.5, 0.6) is 0 Å². The summed E-state index contributed by atoms with van der Waals surface area (Å²) in [4.78, 5) is 4.18. The van der Waals surface area contributed by atoms with Gasteiger partial charge in [0.05, 0.1) is 0 Å². The van der Waals surface area contributed by atoms with Crippen LogP contribution in [0.3, 0.4) is 0 Å². The van der Waals surface area contributed by atoms with Crippen molar-refractivity contribution >= 4 is 41.5 Å². The highest BCUT2D eigenvalue weighted by Gasteiger charge is 2.23. The number of nitrogens with one attached hydrogen (secondary N) is 2. The molecule has 4 nitrogen and oxygen atoms in total. The van der Waals surface area contributed by atoms with E-state index in [4.69, 9.17) is 16.3 Å². The quantitative estimate of drug-likeness (QED) is 0.285. The third-order valence-corrected chi connectivity index (χ3v) is 3.71. The molecule has 1 aromatic carbocycles. The molecule has 0 amide bonds. The molecule has 0 aromatic heterocycles. The van der Waals surface area contributed by atoms with Gasteiger partial charge in [-0.05, 0) is 24.1 Å². The van der Waals surface area contributed by atoms with Crippen molar-refractivity contribution < 1.29 is 9.13 Å². The molecule has 0 atom stereocenters. The van der Waals surface area contributed by atoms with Crippen molar-refractivity contribution in [2.45, 2.75) is 25.7 Å². The molecule has 0 saturated heterocycles. The van der Waals surface area contributed by atoms with Crippen LogP contribution in [-0.4, -0.2) is 39.8 Å². The molecule has 0 bridgehead atoms. The van der Waals surface area contributed by atoms with Gasteiger partial charge in [-0.25, -0.2) is 4.39 Å². The molecular formula is C16H26ClFIN3O. The lowest BCUT2D eigenvalue weighted by molar-refractivity contribution is 0.195. The van der Waals surface area contributed by atoms with E-state index in [1.54, 1.807) is 20.2 Å². The maximum Gasteiger partial charge on any atom is 0.191 e. The molecule has 2 N–H and O–H groups in total. The van der Waals surface area contributed by atoms with E-state index in [2.05, 4.69) is 29.5 Å². The van der Waals surface area contributed by atoms with Gasteiger partial charge in [0, 0.05) is 44.3 Å². The normalized spacial score (nSPS) is 11.8. The predicted molar refractivity (Wildman–Crippen MR) is 106 cm³/mol. The fourth-order valence-electron chi connectivity index (χ4n) is 2.08. The van der Waals surface area contributed by atoms with E-state index in [0.717, 1.165) is 24.5 Å². The van der Waals surface area contributed by atoms with Crippen molar-refractivity contribution in [3.05, 3.63) is 34.6 Å². The van der Waals surface area contributed by atoms with Crippen LogP contribution in [0.2, 0.25) is 5.02 Å². The van der Waals surface area contributed by atoms with Gasteiger partial charge in [0.2, 0.25) is 0 Å². The summed E-state index contributed by atoms with van der Waals surface area (Å²) in [6.07, 6.45) is 0.907. The van der Waals surface area contributed by atoms with Crippen molar-refractivity contribution in [3.63, 3.8) is 0 Å². The second-order valence-corrected chi connectivity index (χ2v) is 6.11. The van der Waals surface area contributed by atoms with E-state index in [0.29, 0.717) is 18.2 Å². The van der Waals surface area contributed by atoms with Crippen molar-refractivity contribution in [1.29, 1.82) is 0 Å². The minimum atomic E-state index is -0.326. The lowest BCUT2D eigenvalue weighted by atomic mass is 9.84. The first kappa shape index (κ1) is 22.4. The molecule has 23 heavy (non-hydrogen) atoms. The van der Waals surface area contributed by atoms with Crippen LogP contribution in [0, 0.1) is 5.82 Å². The lowest BCUT2D eigenvalue weighted by Gasteiger charge is -2.27. The average molecular weight is 458 g/mol. The van der Waals surface area contributed by atoms with Gasteiger partial charge in [-0.15, -0.1) is 24.0 Å². The van der Waals surface area contributed by atoms with Crippen molar-refractivity contribution in [1.82, 2.24) is 10.6 Å². The van der Waals surface area contributed by atoms with E-state index in [1.165, 1.54) is 12.1 Å². The van der Waals surface area contributed by atoms with Gasteiger partial charge in [-0.1, -0.05) is 31.5 Å². The Hall–Kier alpha value is -0.600. The smallest absolute Gasteiger partial charge is 0.191 e. The number of ether oxygens (including phenoxy) is 1. The van der Waals surface area contributed by atoms with E-state index in [1.807, 2.05) is 0 Å². The fourth-order valence-corrected chi connectivity index (χ4v) is 2.51. The summed E-state index contributed by atoms with van der Waals surface area (Å²) in [5.41, 5.74) is 0.646. The first-order valence-electron chi connectivity index (χ1n) is 7.29. The van der Waals surface area contributed by atoms with Gasteiger partial charge in [-0.2, -0.15) is 0 Å². The number of hydrogen-bond donors (Lipinski definition) is 2. The summed E-state index contributed by atoms with van der Waals surface area (Å²) >= 11 is 6.15. The predicted octanol–water partition coefficient (Wildman–Crippen LogP) is 3.58. The van der Waals surface area contributed by atoms with Gasteiger partial charge < -0.3 is 15.4 Å². The second-order valence-electron chi connectivity index (χ2n) is 5.71. The third kappa shape index (κ3) is 7.67. The zero-order chi connectivity index (χ0) is 16.6. The van der Waals surface area contributed by atoms with Crippen molar-refractivity contribution in [3.8, 4) is 0 Å². The molecule has 1 rings (SSSR count). The van der Waals surface area contributed by atoms with Gasteiger partial charge in [0.1, 0.15) is 5.82 Å². The number of hydrogen-bond acceptors (Lipinski definition) is 2.